The standard InChI is InChI=1S/C12H12F3NO4/c1-19-9-5-7(16-11(18)12(13,14)15)6-10(20-2)8(9)3-4-17/h4-6H,3H2,1-2H3,(H,16,18). The van der Waals surface area contributed by atoms with Gasteiger partial charge in [-0.25, -0.2) is 0 Å². The van der Waals surface area contributed by atoms with Crippen LogP contribution in [0.5, 0.6) is 11.5 Å². The molecule has 0 fully saturated rings. The molecule has 1 aromatic carbocycles. The van der Waals surface area contributed by atoms with E-state index in [1.54, 1.807) is 5.32 Å². The highest BCUT2D eigenvalue weighted by molar-refractivity contribution is 5.95. The molecule has 0 aliphatic carbocycles. The molecular formula is C12H12F3NO4. The molecule has 1 aromatic rings. The number of carbonyl (C=O) groups excluding carboxylic acids is 2. The number of halogens is 3. The normalized spacial score (nSPS) is 10.8. The summed E-state index contributed by atoms with van der Waals surface area (Å²) in [7, 11) is 2.58. The van der Waals surface area contributed by atoms with Crippen molar-refractivity contribution in [2.24, 2.45) is 0 Å². The number of benzene rings is 1. The molecule has 5 nitrogen and oxygen atoms in total. The Bertz CT molecular complexity index is 489. The van der Waals surface area contributed by atoms with Crippen LogP contribution < -0.4 is 14.8 Å². The summed E-state index contributed by atoms with van der Waals surface area (Å²) in [6, 6.07) is 2.37. The Balaban J connectivity index is 3.17. The van der Waals surface area contributed by atoms with Crippen LogP contribution in [-0.4, -0.2) is 32.6 Å². The van der Waals surface area contributed by atoms with E-state index in [-0.39, 0.29) is 23.6 Å². The minimum Gasteiger partial charge on any atom is -0.496 e. The van der Waals surface area contributed by atoms with E-state index >= 15 is 0 Å². The van der Waals surface area contributed by atoms with Gasteiger partial charge in [-0.05, 0) is 0 Å². The van der Waals surface area contributed by atoms with Crippen LogP contribution in [0.25, 0.3) is 0 Å². The van der Waals surface area contributed by atoms with Crippen LogP contribution in [-0.2, 0) is 16.0 Å². The van der Waals surface area contributed by atoms with E-state index in [2.05, 4.69) is 0 Å². The number of hydrogen-bond acceptors (Lipinski definition) is 4. The highest BCUT2D eigenvalue weighted by atomic mass is 19.4. The number of ether oxygens (including phenoxy) is 2. The summed E-state index contributed by atoms with van der Waals surface area (Å²) in [6.07, 6.45) is -4.42. The molecule has 1 amide bonds. The lowest BCUT2D eigenvalue weighted by molar-refractivity contribution is -0.167. The second kappa shape index (κ2) is 6.27. The largest absolute Gasteiger partial charge is 0.496 e. The molecule has 0 saturated carbocycles. The minimum atomic E-state index is -5.00. The Morgan fingerprint density at radius 1 is 1.25 bits per heavy atom. The van der Waals surface area contributed by atoms with Crippen LogP contribution in [0.4, 0.5) is 18.9 Å². The second-order valence-corrected chi connectivity index (χ2v) is 3.68. The van der Waals surface area contributed by atoms with E-state index in [1.807, 2.05) is 0 Å². The van der Waals surface area contributed by atoms with Crippen molar-refractivity contribution in [3.05, 3.63) is 17.7 Å². The number of rotatable bonds is 5. The first-order chi connectivity index (χ1) is 9.33. The van der Waals surface area contributed by atoms with Gasteiger partial charge in [0.15, 0.2) is 0 Å². The molecule has 1 N–H and O–H groups in total. The van der Waals surface area contributed by atoms with Crippen molar-refractivity contribution in [2.45, 2.75) is 12.6 Å². The zero-order valence-corrected chi connectivity index (χ0v) is 10.7. The van der Waals surface area contributed by atoms with Gasteiger partial charge in [0, 0.05) is 29.8 Å². The van der Waals surface area contributed by atoms with E-state index in [0.29, 0.717) is 11.8 Å². The van der Waals surface area contributed by atoms with Crippen molar-refractivity contribution < 1.29 is 32.2 Å². The maximum absolute atomic E-state index is 12.2. The van der Waals surface area contributed by atoms with Crippen molar-refractivity contribution >= 4 is 17.9 Å². The van der Waals surface area contributed by atoms with Gasteiger partial charge in [0.2, 0.25) is 0 Å². The summed E-state index contributed by atoms with van der Waals surface area (Å²) in [5.41, 5.74) is 0.241. The van der Waals surface area contributed by atoms with Crippen LogP contribution in [0, 0.1) is 0 Å². The maximum Gasteiger partial charge on any atom is 0.471 e. The summed E-state index contributed by atoms with van der Waals surface area (Å²) < 4.78 is 46.5. The van der Waals surface area contributed by atoms with Gasteiger partial charge in [0.05, 0.1) is 14.2 Å². The smallest absolute Gasteiger partial charge is 0.471 e. The number of hydrogen-bond donors (Lipinski definition) is 1. The zero-order valence-electron chi connectivity index (χ0n) is 10.7. The Morgan fingerprint density at radius 3 is 2.10 bits per heavy atom. The first kappa shape index (κ1) is 15.8. The summed E-state index contributed by atoms with van der Waals surface area (Å²) >= 11 is 0. The average molecular weight is 291 g/mol. The summed E-state index contributed by atoms with van der Waals surface area (Å²) in [4.78, 5) is 21.4. The third kappa shape index (κ3) is 3.62. The molecule has 0 spiro atoms. The van der Waals surface area contributed by atoms with E-state index < -0.39 is 12.1 Å². The monoisotopic (exact) mass is 291 g/mol. The van der Waals surface area contributed by atoms with Gasteiger partial charge in [-0.3, -0.25) is 4.79 Å². The van der Waals surface area contributed by atoms with Crippen molar-refractivity contribution in [3.8, 4) is 11.5 Å². The third-order valence-corrected chi connectivity index (χ3v) is 2.41. The second-order valence-electron chi connectivity index (χ2n) is 3.68. The molecule has 0 heterocycles. The first-order valence-corrected chi connectivity index (χ1v) is 5.40. The predicted molar refractivity (Wildman–Crippen MR) is 64.0 cm³/mol. The van der Waals surface area contributed by atoms with Crippen molar-refractivity contribution in [1.82, 2.24) is 0 Å². The molecular weight excluding hydrogens is 279 g/mol. The lowest BCUT2D eigenvalue weighted by atomic mass is 10.1. The highest BCUT2D eigenvalue weighted by Crippen LogP contribution is 2.33. The Morgan fingerprint density at radius 2 is 1.75 bits per heavy atom. The Labute approximate surface area is 112 Å². The Kier molecular flexibility index (Phi) is 4.95. The fraction of sp³-hybridized carbons (Fsp3) is 0.333. The molecule has 0 radical (unpaired) electrons. The third-order valence-electron chi connectivity index (χ3n) is 2.41. The number of anilines is 1. The van der Waals surface area contributed by atoms with E-state index in [1.165, 1.54) is 26.4 Å². The number of carbonyl (C=O) groups is 2. The van der Waals surface area contributed by atoms with E-state index in [0.717, 1.165) is 0 Å². The van der Waals surface area contributed by atoms with Gasteiger partial charge in [0.25, 0.3) is 0 Å². The average Bonchev–Trinajstić information content (AvgIpc) is 2.38. The van der Waals surface area contributed by atoms with Gasteiger partial charge in [-0.1, -0.05) is 0 Å². The molecule has 110 valence electrons. The summed E-state index contributed by atoms with van der Waals surface area (Å²) in [6.45, 7) is 0. The van der Waals surface area contributed by atoms with Gasteiger partial charge in [-0.2, -0.15) is 13.2 Å². The number of amides is 1. The van der Waals surface area contributed by atoms with E-state index in [4.69, 9.17) is 9.47 Å². The molecule has 0 aliphatic heterocycles. The summed E-state index contributed by atoms with van der Waals surface area (Å²) in [5.74, 6) is -1.81. The lowest BCUT2D eigenvalue weighted by Crippen LogP contribution is -2.29. The van der Waals surface area contributed by atoms with Gasteiger partial charge < -0.3 is 19.6 Å². The van der Waals surface area contributed by atoms with Crippen molar-refractivity contribution in [2.75, 3.05) is 19.5 Å². The minimum absolute atomic E-state index is 0.0279. The zero-order chi connectivity index (χ0) is 15.3. The van der Waals surface area contributed by atoms with Crippen LogP contribution in [0.15, 0.2) is 12.1 Å². The Hall–Kier alpha value is -2.25. The molecule has 8 heteroatoms. The van der Waals surface area contributed by atoms with Crippen molar-refractivity contribution in [1.29, 1.82) is 0 Å². The van der Waals surface area contributed by atoms with Crippen LogP contribution in [0.1, 0.15) is 5.56 Å². The highest BCUT2D eigenvalue weighted by Gasteiger charge is 2.38. The molecule has 0 aromatic heterocycles. The predicted octanol–water partition coefficient (Wildman–Crippen LogP) is 1.95. The fourth-order valence-corrected chi connectivity index (χ4v) is 1.54. The fourth-order valence-electron chi connectivity index (χ4n) is 1.54. The first-order valence-electron chi connectivity index (χ1n) is 5.40. The number of nitrogens with one attached hydrogen (secondary N) is 1. The van der Waals surface area contributed by atoms with Gasteiger partial charge in [-0.15, -0.1) is 0 Å². The SMILES string of the molecule is COc1cc(NC(=O)C(F)(F)F)cc(OC)c1CC=O. The number of methoxy groups -OCH3 is 2. The molecule has 0 atom stereocenters. The molecule has 0 unspecified atom stereocenters. The van der Waals surface area contributed by atoms with Gasteiger partial charge >= 0.3 is 12.1 Å². The maximum atomic E-state index is 12.2. The molecule has 0 aliphatic rings. The number of alkyl halides is 3. The molecule has 0 bridgehead atoms. The molecule has 20 heavy (non-hydrogen) atoms. The van der Waals surface area contributed by atoms with Crippen molar-refractivity contribution in [3.63, 3.8) is 0 Å². The number of aldehydes is 1. The van der Waals surface area contributed by atoms with E-state index in [9.17, 15) is 22.8 Å². The van der Waals surface area contributed by atoms with Crippen LogP contribution >= 0.6 is 0 Å². The summed E-state index contributed by atoms with van der Waals surface area (Å²) in [5, 5.41) is 1.69. The molecule has 1 rings (SSSR count). The molecule has 0 saturated heterocycles. The van der Waals surface area contributed by atoms with Gasteiger partial charge in [0.1, 0.15) is 17.8 Å². The van der Waals surface area contributed by atoms with Crippen LogP contribution in [0.3, 0.4) is 0 Å². The quantitative estimate of drug-likeness (QED) is 0.842. The van der Waals surface area contributed by atoms with Crippen LogP contribution in [0.2, 0.25) is 0 Å². The topological polar surface area (TPSA) is 64.6 Å². The lowest BCUT2D eigenvalue weighted by Gasteiger charge is -2.15.